The SMILES string of the molecule is COc1ccc2cc(/C=C/C(=O)c3cccc(C#N)c3)ccc2c1. The summed E-state index contributed by atoms with van der Waals surface area (Å²) in [5.41, 5.74) is 1.93. The summed E-state index contributed by atoms with van der Waals surface area (Å²) in [7, 11) is 1.64. The molecule has 0 amide bonds. The Morgan fingerprint density at radius 1 is 1.04 bits per heavy atom. The average molecular weight is 313 g/mol. The van der Waals surface area contributed by atoms with Gasteiger partial charge in [-0.1, -0.05) is 36.4 Å². The van der Waals surface area contributed by atoms with Crippen LogP contribution in [0.15, 0.2) is 66.7 Å². The van der Waals surface area contributed by atoms with E-state index in [0.29, 0.717) is 11.1 Å². The number of allylic oxidation sites excluding steroid dienone is 1. The third-order valence-corrected chi connectivity index (χ3v) is 3.77. The van der Waals surface area contributed by atoms with Gasteiger partial charge in [0, 0.05) is 5.56 Å². The zero-order valence-electron chi connectivity index (χ0n) is 13.2. The number of ether oxygens (including phenoxy) is 1. The van der Waals surface area contributed by atoms with Gasteiger partial charge in [-0.25, -0.2) is 0 Å². The lowest BCUT2D eigenvalue weighted by Gasteiger charge is -2.03. The molecule has 0 aromatic heterocycles. The quantitative estimate of drug-likeness (QED) is 0.522. The number of hydrogen-bond donors (Lipinski definition) is 0. The lowest BCUT2D eigenvalue weighted by Crippen LogP contribution is -1.94. The van der Waals surface area contributed by atoms with Gasteiger partial charge in [0.25, 0.3) is 0 Å². The van der Waals surface area contributed by atoms with Gasteiger partial charge in [-0.05, 0) is 52.7 Å². The van der Waals surface area contributed by atoms with Gasteiger partial charge in [0.15, 0.2) is 5.78 Å². The minimum absolute atomic E-state index is 0.123. The largest absolute Gasteiger partial charge is 0.497 e. The Morgan fingerprint density at radius 2 is 1.83 bits per heavy atom. The molecule has 0 N–H and O–H groups in total. The van der Waals surface area contributed by atoms with Crippen molar-refractivity contribution in [2.75, 3.05) is 7.11 Å². The van der Waals surface area contributed by atoms with E-state index in [1.807, 2.05) is 42.5 Å². The Labute approximate surface area is 140 Å². The van der Waals surface area contributed by atoms with Crippen LogP contribution in [0.25, 0.3) is 16.8 Å². The topological polar surface area (TPSA) is 50.1 Å². The smallest absolute Gasteiger partial charge is 0.185 e. The van der Waals surface area contributed by atoms with Crippen molar-refractivity contribution in [1.29, 1.82) is 5.26 Å². The molecule has 3 aromatic rings. The molecule has 3 nitrogen and oxygen atoms in total. The maximum absolute atomic E-state index is 12.2. The molecule has 0 atom stereocenters. The first kappa shape index (κ1) is 15.5. The van der Waals surface area contributed by atoms with E-state index in [0.717, 1.165) is 22.1 Å². The maximum atomic E-state index is 12.2. The summed E-state index contributed by atoms with van der Waals surface area (Å²) in [5, 5.41) is 11.1. The number of nitrogens with zero attached hydrogens (tertiary/aromatic N) is 1. The van der Waals surface area contributed by atoms with Gasteiger partial charge >= 0.3 is 0 Å². The highest BCUT2D eigenvalue weighted by Gasteiger charge is 2.03. The van der Waals surface area contributed by atoms with Gasteiger partial charge in [-0.3, -0.25) is 4.79 Å². The number of ketones is 1. The molecular weight excluding hydrogens is 298 g/mol. The van der Waals surface area contributed by atoms with Crippen molar-refractivity contribution < 1.29 is 9.53 Å². The summed E-state index contributed by atoms with van der Waals surface area (Å²) in [6.45, 7) is 0. The number of fused-ring (bicyclic) bond motifs is 1. The van der Waals surface area contributed by atoms with Crippen molar-refractivity contribution in [3.8, 4) is 11.8 Å². The maximum Gasteiger partial charge on any atom is 0.185 e. The van der Waals surface area contributed by atoms with Gasteiger partial charge < -0.3 is 4.74 Å². The monoisotopic (exact) mass is 313 g/mol. The fourth-order valence-corrected chi connectivity index (χ4v) is 2.48. The molecule has 0 heterocycles. The first-order valence-electron chi connectivity index (χ1n) is 7.50. The van der Waals surface area contributed by atoms with Gasteiger partial charge in [0.1, 0.15) is 5.75 Å². The van der Waals surface area contributed by atoms with Crippen LogP contribution < -0.4 is 4.74 Å². The van der Waals surface area contributed by atoms with Crippen LogP contribution in [0, 0.1) is 11.3 Å². The molecule has 0 aliphatic carbocycles. The molecule has 0 radical (unpaired) electrons. The van der Waals surface area contributed by atoms with Gasteiger partial charge in [-0.2, -0.15) is 5.26 Å². The van der Waals surface area contributed by atoms with E-state index in [9.17, 15) is 4.79 Å². The number of carbonyl (C=O) groups is 1. The normalized spacial score (nSPS) is 10.7. The van der Waals surface area contributed by atoms with Gasteiger partial charge in [0.2, 0.25) is 0 Å². The zero-order chi connectivity index (χ0) is 16.9. The highest BCUT2D eigenvalue weighted by Crippen LogP contribution is 2.22. The van der Waals surface area contributed by atoms with Crippen LogP contribution in [-0.2, 0) is 0 Å². The molecule has 0 aliphatic heterocycles. The van der Waals surface area contributed by atoms with Crippen molar-refractivity contribution >= 4 is 22.6 Å². The first-order chi connectivity index (χ1) is 11.7. The molecular formula is C21H15NO2. The Bertz CT molecular complexity index is 981. The molecule has 3 aromatic carbocycles. The summed E-state index contributed by atoms with van der Waals surface area (Å²) in [5.74, 6) is 0.695. The predicted octanol–water partition coefficient (Wildman–Crippen LogP) is 4.62. The summed E-state index contributed by atoms with van der Waals surface area (Å²) >= 11 is 0. The molecule has 24 heavy (non-hydrogen) atoms. The summed E-state index contributed by atoms with van der Waals surface area (Å²) in [4.78, 5) is 12.2. The number of methoxy groups -OCH3 is 1. The van der Waals surface area contributed by atoms with E-state index in [1.165, 1.54) is 6.08 Å². The number of nitriles is 1. The van der Waals surface area contributed by atoms with Gasteiger partial charge in [-0.15, -0.1) is 0 Å². The van der Waals surface area contributed by atoms with E-state index in [-0.39, 0.29) is 5.78 Å². The van der Waals surface area contributed by atoms with Crippen LogP contribution in [0.5, 0.6) is 5.75 Å². The van der Waals surface area contributed by atoms with Crippen molar-refractivity contribution in [2.24, 2.45) is 0 Å². The lowest BCUT2D eigenvalue weighted by atomic mass is 10.0. The van der Waals surface area contributed by atoms with Crippen molar-refractivity contribution in [2.45, 2.75) is 0 Å². The molecule has 0 saturated heterocycles. The van der Waals surface area contributed by atoms with E-state index in [2.05, 4.69) is 0 Å². The third kappa shape index (κ3) is 3.34. The molecule has 116 valence electrons. The number of benzene rings is 3. The highest BCUT2D eigenvalue weighted by molar-refractivity contribution is 6.07. The van der Waals surface area contributed by atoms with Crippen LogP contribution in [-0.4, -0.2) is 12.9 Å². The summed E-state index contributed by atoms with van der Waals surface area (Å²) in [6.07, 6.45) is 3.31. The molecule has 0 spiro atoms. The van der Waals surface area contributed by atoms with Crippen LogP contribution in [0.2, 0.25) is 0 Å². The Hall–Kier alpha value is -3.38. The Balaban J connectivity index is 1.84. The molecule has 0 bridgehead atoms. The van der Waals surface area contributed by atoms with E-state index < -0.39 is 0 Å². The van der Waals surface area contributed by atoms with Crippen molar-refractivity contribution in [1.82, 2.24) is 0 Å². The van der Waals surface area contributed by atoms with Gasteiger partial charge in [0.05, 0.1) is 18.7 Å². The van der Waals surface area contributed by atoms with Crippen LogP contribution >= 0.6 is 0 Å². The van der Waals surface area contributed by atoms with Crippen molar-refractivity contribution in [3.63, 3.8) is 0 Å². The standard InChI is InChI=1S/C21H15NO2/c1-24-20-9-8-17-11-15(5-7-18(17)13-20)6-10-21(23)19-4-2-3-16(12-19)14-22/h2-13H,1H3/b10-6+. The second kappa shape index (κ2) is 6.80. The highest BCUT2D eigenvalue weighted by atomic mass is 16.5. The van der Waals surface area contributed by atoms with Crippen molar-refractivity contribution in [3.05, 3.63) is 83.4 Å². The fourth-order valence-electron chi connectivity index (χ4n) is 2.48. The molecule has 0 unspecified atom stereocenters. The second-order valence-electron chi connectivity index (χ2n) is 5.36. The number of carbonyl (C=O) groups excluding carboxylic acids is 1. The zero-order valence-corrected chi connectivity index (χ0v) is 13.2. The fraction of sp³-hybridized carbons (Fsp3) is 0.0476. The van der Waals surface area contributed by atoms with Crippen LogP contribution in [0.1, 0.15) is 21.5 Å². The first-order valence-corrected chi connectivity index (χ1v) is 7.50. The minimum Gasteiger partial charge on any atom is -0.497 e. The predicted molar refractivity (Wildman–Crippen MR) is 95.0 cm³/mol. The lowest BCUT2D eigenvalue weighted by molar-refractivity contribution is 0.104. The Morgan fingerprint density at radius 3 is 2.62 bits per heavy atom. The average Bonchev–Trinajstić information content (AvgIpc) is 2.65. The summed E-state index contributed by atoms with van der Waals surface area (Å²) in [6, 6.07) is 20.6. The van der Waals surface area contributed by atoms with Crippen LogP contribution in [0.4, 0.5) is 0 Å². The minimum atomic E-state index is -0.123. The van der Waals surface area contributed by atoms with E-state index in [1.54, 1.807) is 37.5 Å². The number of hydrogen-bond acceptors (Lipinski definition) is 3. The van der Waals surface area contributed by atoms with E-state index >= 15 is 0 Å². The molecule has 0 fully saturated rings. The third-order valence-electron chi connectivity index (χ3n) is 3.77. The van der Waals surface area contributed by atoms with E-state index in [4.69, 9.17) is 10.00 Å². The summed E-state index contributed by atoms with van der Waals surface area (Å²) < 4.78 is 5.22. The Kier molecular flexibility index (Phi) is 4.40. The molecule has 3 rings (SSSR count). The second-order valence-corrected chi connectivity index (χ2v) is 5.36. The van der Waals surface area contributed by atoms with Crippen LogP contribution in [0.3, 0.4) is 0 Å². The molecule has 0 aliphatic rings. The molecule has 3 heteroatoms. The molecule has 0 saturated carbocycles. The number of rotatable bonds is 4.